The van der Waals surface area contributed by atoms with Crippen LogP contribution in [0.1, 0.15) is 27.6 Å². The molecule has 0 saturated heterocycles. The summed E-state index contributed by atoms with van der Waals surface area (Å²) in [6.45, 7) is 0. The number of carbonyl (C=O) groups excluding carboxylic acids is 1. The molecule has 0 radical (unpaired) electrons. The molecule has 110 valence electrons. The van der Waals surface area contributed by atoms with Crippen molar-refractivity contribution in [2.75, 3.05) is 14.2 Å². The van der Waals surface area contributed by atoms with Gasteiger partial charge in [-0.3, -0.25) is 0 Å². The van der Waals surface area contributed by atoms with Crippen molar-refractivity contribution in [3.8, 4) is 5.75 Å². The zero-order chi connectivity index (χ0) is 15.2. The molecule has 2 rings (SSSR count). The van der Waals surface area contributed by atoms with Gasteiger partial charge in [0, 0.05) is 6.42 Å². The second-order valence-electron chi connectivity index (χ2n) is 4.65. The van der Waals surface area contributed by atoms with Gasteiger partial charge in [-0.15, -0.1) is 0 Å². The van der Waals surface area contributed by atoms with Gasteiger partial charge in [-0.2, -0.15) is 0 Å². The monoisotopic (exact) mass is 286 g/mol. The number of rotatable bonds is 5. The summed E-state index contributed by atoms with van der Waals surface area (Å²) in [7, 11) is 2.94. The summed E-state index contributed by atoms with van der Waals surface area (Å²) < 4.78 is 9.84. The van der Waals surface area contributed by atoms with E-state index in [9.17, 15) is 9.90 Å². The van der Waals surface area contributed by atoms with Crippen molar-refractivity contribution in [2.45, 2.75) is 12.5 Å². The molecule has 0 saturated carbocycles. The molecular weight excluding hydrogens is 268 g/mol. The SMILES string of the molecule is COC(=O)c1ccccc1C(O)Cc1ccc(OC)cc1. The normalized spacial score (nSPS) is 11.8. The highest BCUT2D eigenvalue weighted by Crippen LogP contribution is 2.23. The van der Waals surface area contributed by atoms with Crippen LogP contribution in [0.2, 0.25) is 0 Å². The van der Waals surface area contributed by atoms with Crippen LogP contribution in [0.3, 0.4) is 0 Å². The molecule has 0 bridgehead atoms. The van der Waals surface area contributed by atoms with Gasteiger partial charge >= 0.3 is 5.97 Å². The van der Waals surface area contributed by atoms with E-state index in [0.717, 1.165) is 11.3 Å². The quantitative estimate of drug-likeness (QED) is 0.859. The molecular formula is C17H18O4. The highest BCUT2D eigenvalue weighted by molar-refractivity contribution is 5.91. The van der Waals surface area contributed by atoms with E-state index in [4.69, 9.17) is 9.47 Å². The third kappa shape index (κ3) is 3.61. The van der Waals surface area contributed by atoms with Gasteiger partial charge in [0.2, 0.25) is 0 Å². The number of esters is 1. The van der Waals surface area contributed by atoms with Crippen molar-refractivity contribution in [1.29, 1.82) is 0 Å². The molecule has 0 aromatic heterocycles. The molecule has 0 aliphatic heterocycles. The van der Waals surface area contributed by atoms with Gasteiger partial charge in [0.25, 0.3) is 0 Å². The Bertz CT molecular complexity index is 604. The van der Waals surface area contributed by atoms with Gasteiger partial charge in [-0.25, -0.2) is 4.79 Å². The zero-order valence-corrected chi connectivity index (χ0v) is 12.1. The maximum atomic E-state index is 11.7. The lowest BCUT2D eigenvalue weighted by Crippen LogP contribution is -2.10. The number of aliphatic hydroxyl groups excluding tert-OH is 1. The first-order valence-electron chi connectivity index (χ1n) is 6.64. The van der Waals surface area contributed by atoms with Gasteiger partial charge in [0.05, 0.1) is 25.9 Å². The van der Waals surface area contributed by atoms with E-state index >= 15 is 0 Å². The molecule has 2 aromatic carbocycles. The summed E-state index contributed by atoms with van der Waals surface area (Å²) in [6.07, 6.45) is -0.355. The van der Waals surface area contributed by atoms with Crippen LogP contribution >= 0.6 is 0 Å². The second-order valence-corrected chi connectivity index (χ2v) is 4.65. The predicted molar refractivity (Wildman–Crippen MR) is 79.4 cm³/mol. The van der Waals surface area contributed by atoms with Gasteiger partial charge in [0.15, 0.2) is 0 Å². The molecule has 21 heavy (non-hydrogen) atoms. The van der Waals surface area contributed by atoms with Gasteiger partial charge in [-0.05, 0) is 29.3 Å². The summed E-state index contributed by atoms with van der Waals surface area (Å²) in [5, 5.41) is 10.4. The lowest BCUT2D eigenvalue weighted by Gasteiger charge is -2.14. The molecule has 1 unspecified atom stereocenters. The van der Waals surface area contributed by atoms with Gasteiger partial charge in [0.1, 0.15) is 5.75 Å². The average Bonchev–Trinajstić information content (AvgIpc) is 2.54. The van der Waals surface area contributed by atoms with Crippen LogP contribution in [-0.4, -0.2) is 25.3 Å². The number of aliphatic hydroxyl groups is 1. The number of benzene rings is 2. The Hall–Kier alpha value is -2.33. The summed E-state index contributed by atoms with van der Waals surface area (Å²) in [4.78, 5) is 11.7. The fourth-order valence-electron chi connectivity index (χ4n) is 2.18. The minimum Gasteiger partial charge on any atom is -0.497 e. The molecule has 1 N–H and O–H groups in total. The molecule has 0 aliphatic rings. The molecule has 2 aromatic rings. The Morgan fingerprint density at radius 2 is 1.76 bits per heavy atom. The van der Waals surface area contributed by atoms with Crippen molar-refractivity contribution < 1.29 is 19.4 Å². The number of hydrogen-bond donors (Lipinski definition) is 1. The predicted octanol–water partition coefficient (Wildman–Crippen LogP) is 2.76. The van der Waals surface area contributed by atoms with Crippen LogP contribution in [0.25, 0.3) is 0 Å². The first-order chi connectivity index (χ1) is 10.2. The van der Waals surface area contributed by atoms with Crippen LogP contribution in [0.4, 0.5) is 0 Å². The Labute approximate surface area is 123 Å². The van der Waals surface area contributed by atoms with E-state index in [0.29, 0.717) is 17.5 Å². The third-order valence-electron chi connectivity index (χ3n) is 3.31. The van der Waals surface area contributed by atoms with Gasteiger partial charge in [-0.1, -0.05) is 30.3 Å². The number of hydrogen-bond acceptors (Lipinski definition) is 4. The van der Waals surface area contributed by atoms with E-state index in [2.05, 4.69) is 0 Å². The lowest BCUT2D eigenvalue weighted by molar-refractivity contribution is 0.0593. The Kier molecular flexibility index (Phi) is 4.95. The molecule has 0 heterocycles. The number of ether oxygens (including phenoxy) is 2. The third-order valence-corrected chi connectivity index (χ3v) is 3.31. The zero-order valence-electron chi connectivity index (χ0n) is 12.1. The molecule has 0 spiro atoms. The Morgan fingerprint density at radius 3 is 2.38 bits per heavy atom. The van der Waals surface area contributed by atoms with E-state index < -0.39 is 12.1 Å². The molecule has 4 heteroatoms. The van der Waals surface area contributed by atoms with Crippen molar-refractivity contribution in [2.24, 2.45) is 0 Å². The summed E-state index contributed by atoms with van der Waals surface area (Å²) >= 11 is 0. The highest BCUT2D eigenvalue weighted by atomic mass is 16.5. The van der Waals surface area contributed by atoms with Crippen LogP contribution in [0.15, 0.2) is 48.5 Å². The largest absolute Gasteiger partial charge is 0.497 e. The van der Waals surface area contributed by atoms with Crippen LogP contribution in [-0.2, 0) is 11.2 Å². The summed E-state index contributed by atoms with van der Waals surface area (Å²) in [5.41, 5.74) is 1.92. The molecule has 4 nitrogen and oxygen atoms in total. The maximum Gasteiger partial charge on any atom is 0.338 e. The van der Waals surface area contributed by atoms with Crippen molar-refractivity contribution in [3.63, 3.8) is 0 Å². The van der Waals surface area contributed by atoms with E-state index in [1.807, 2.05) is 24.3 Å². The topological polar surface area (TPSA) is 55.8 Å². The summed E-state index contributed by atoms with van der Waals surface area (Å²) in [6, 6.07) is 14.4. The highest BCUT2D eigenvalue weighted by Gasteiger charge is 2.17. The maximum absolute atomic E-state index is 11.7. The molecule has 0 amide bonds. The standard InChI is InChI=1S/C17H18O4/c1-20-13-9-7-12(8-10-13)11-16(18)14-5-3-4-6-15(14)17(19)21-2/h3-10,16,18H,11H2,1-2H3. The molecule has 0 fully saturated rings. The minimum atomic E-state index is -0.770. The Morgan fingerprint density at radius 1 is 1.10 bits per heavy atom. The van der Waals surface area contributed by atoms with Crippen molar-refractivity contribution in [3.05, 3.63) is 65.2 Å². The van der Waals surface area contributed by atoms with Crippen molar-refractivity contribution >= 4 is 5.97 Å². The molecule has 1 atom stereocenters. The Balaban J connectivity index is 2.19. The van der Waals surface area contributed by atoms with E-state index in [1.165, 1.54) is 7.11 Å². The minimum absolute atomic E-state index is 0.390. The average molecular weight is 286 g/mol. The van der Waals surface area contributed by atoms with Crippen LogP contribution < -0.4 is 4.74 Å². The fraction of sp³-hybridized carbons (Fsp3) is 0.235. The fourth-order valence-corrected chi connectivity index (χ4v) is 2.18. The second kappa shape index (κ2) is 6.90. The first-order valence-corrected chi connectivity index (χ1v) is 6.64. The van der Waals surface area contributed by atoms with Crippen LogP contribution in [0, 0.1) is 0 Å². The molecule has 0 aliphatic carbocycles. The summed E-state index contributed by atoms with van der Waals surface area (Å²) in [5.74, 6) is 0.322. The van der Waals surface area contributed by atoms with Crippen molar-refractivity contribution in [1.82, 2.24) is 0 Å². The smallest absolute Gasteiger partial charge is 0.338 e. The number of carbonyl (C=O) groups is 1. The van der Waals surface area contributed by atoms with E-state index in [-0.39, 0.29) is 0 Å². The lowest BCUT2D eigenvalue weighted by atomic mass is 9.97. The van der Waals surface area contributed by atoms with Crippen LogP contribution in [0.5, 0.6) is 5.75 Å². The first kappa shape index (κ1) is 15.1. The van der Waals surface area contributed by atoms with Gasteiger partial charge < -0.3 is 14.6 Å². The van der Waals surface area contributed by atoms with E-state index in [1.54, 1.807) is 31.4 Å². The number of methoxy groups -OCH3 is 2.